The smallest absolute Gasteiger partial charge is 0.251 e. The van der Waals surface area contributed by atoms with Crippen LogP contribution in [0.4, 0.5) is 17.1 Å². The first-order valence-corrected chi connectivity index (χ1v) is 18.3. The topological polar surface area (TPSA) is 95.7 Å². The lowest BCUT2D eigenvalue weighted by Crippen LogP contribution is -2.54. The van der Waals surface area contributed by atoms with E-state index in [-0.39, 0.29) is 18.4 Å². The van der Waals surface area contributed by atoms with Crippen molar-refractivity contribution in [2.75, 3.05) is 16.3 Å². The van der Waals surface area contributed by atoms with Crippen molar-refractivity contribution in [1.29, 1.82) is 0 Å². The molecule has 0 aromatic heterocycles. The molecule has 3 amide bonds. The number of aryl methyl sites for hydroxylation is 1. The van der Waals surface area contributed by atoms with Gasteiger partial charge < -0.3 is 20.9 Å². The van der Waals surface area contributed by atoms with E-state index in [1.165, 1.54) is 5.56 Å². The number of fused-ring (bicyclic) bond motifs is 1. The van der Waals surface area contributed by atoms with Crippen LogP contribution in [0.2, 0.25) is 0 Å². The lowest BCUT2D eigenvalue weighted by atomic mass is 9.80. The summed E-state index contributed by atoms with van der Waals surface area (Å²) in [6.45, 7) is 4.73. The van der Waals surface area contributed by atoms with E-state index in [0.29, 0.717) is 25.3 Å². The van der Waals surface area contributed by atoms with Crippen molar-refractivity contribution in [3.05, 3.63) is 114 Å². The Morgan fingerprint density at radius 3 is 2.24 bits per heavy atom. The molecule has 0 bridgehead atoms. The van der Waals surface area contributed by atoms with Crippen LogP contribution in [-0.2, 0) is 20.9 Å². The highest BCUT2D eigenvalue weighted by Gasteiger charge is 2.40. The van der Waals surface area contributed by atoms with E-state index in [1.54, 1.807) is 0 Å². The third-order valence-corrected chi connectivity index (χ3v) is 10.5. The average Bonchev–Trinajstić information content (AvgIpc) is 3.62. The Labute approximate surface area is 296 Å². The Balaban J connectivity index is 1.37. The zero-order chi connectivity index (χ0) is 35.0. The molecule has 1 fully saturated rings. The zero-order valence-electron chi connectivity index (χ0n) is 29.4. The van der Waals surface area contributed by atoms with Gasteiger partial charge in [-0.05, 0) is 72.7 Å². The van der Waals surface area contributed by atoms with Gasteiger partial charge in [-0.2, -0.15) is 0 Å². The van der Waals surface area contributed by atoms with Gasteiger partial charge in [0.05, 0.1) is 24.5 Å². The van der Waals surface area contributed by atoms with Crippen LogP contribution in [0.15, 0.2) is 103 Å². The van der Waals surface area contributed by atoms with Gasteiger partial charge in [0, 0.05) is 17.5 Å². The summed E-state index contributed by atoms with van der Waals surface area (Å²) in [4.78, 5) is 46.1. The molecule has 1 saturated carbocycles. The normalized spacial score (nSPS) is 17.6. The summed E-state index contributed by atoms with van der Waals surface area (Å²) in [5, 5.41) is 3.21. The minimum atomic E-state index is -0.860. The van der Waals surface area contributed by atoms with E-state index < -0.39 is 23.8 Å². The Hall–Kier alpha value is -4.91. The third-order valence-electron chi connectivity index (χ3n) is 10.5. The molecule has 1 heterocycles. The highest BCUT2D eigenvalue weighted by Crippen LogP contribution is 2.39. The molecule has 2 aliphatic rings. The van der Waals surface area contributed by atoms with Crippen LogP contribution in [-0.4, -0.2) is 30.3 Å². The number of carbonyl (C=O) groups is 3. The summed E-state index contributed by atoms with van der Waals surface area (Å²) >= 11 is 0. The quantitative estimate of drug-likeness (QED) is 0.150. The maximum Gasteiger partial charge on any atom is 0.251 e. The van der Waals surface area contributed by atoms with Crippen molar-refractivity contribution in [2.24, 2.45) is 23.5 Å². The number of carbonyl (C=O) groups excluding carboxylic acids is 3. The minimum Gasteiger partial charge on any atom is -0.369 e. The molecule has 1 aliphatic heterocycles. The number of primary amides is 1. The highest BCUT2D eigenvalue weighted by molar-refractivity contribution is 6.04. The number of rotatable bonds is 13. The van der Waals surface area contributed by atoms with Crippen LogP contribution >= 0.6 is 0 Å². The Morgan fingerprint density at radius 2 is 1.54 bits per heavy atom. The van der Waals surface area contributed by atoms with Gasteiger partial charge in [0.1, 0.15) is 6.04 Å². The van der Waals surface area contributed by atoms with Crippen molar-refractivity contribution in [3.8, 4) is 11.1 Å². The van der Waals surface area contributed by atoms with E-state index in [0.717, 1.165) is 72.3 Å². The number of hydrogen-bond donors (Lipinski definition) is 2. The van der Waals surface area contributed by atoms with Crippen LogP contribution in [0.5, 0.6) is 0 Å². The van der Waals surface area contributed by atoms with Gasteiger partial charge in [-0.25, -0.2) is 0 Å². The lowest BCUT2D eigenvalue weighted by molar-refractivity contribution is -0.136. The first-order valence-electron chi connectivity index (χ1n) is 18.3. The van der Waals surface area contributed by atoms with E-state index in [9.17, 15) is 14.4 Å². The summed E-state index contributed by atoms with van der Waals surface area (Å²) in [6, 6.07) is 33.8. The number of benzene rings is 4. The van der Waals surface area contributed by atoms with Crippen LogP contribution in [0.25, 0.3) is 11.1 Å². The number of hydrogen-bond acceptors (Lipinski definition) is 4. The molecule has 50 heavy (non-hydrogen) atoms. The molecule has 0 radical (unpaired) electrons. The van der Waals surface area contributed by atoms with Crippen LogP contribution in [0.3, 0.4) is 0 Å². The molecular weight excluding hydrogens is 620 g/mol. The Bertz CT molecular complexity index is 1770. The van der Waals surface area contributed by atoms with Crippen molar-refractivity contribution < 1.29 is 14.4 Å². The summed E-state index contributed by atoms with van der Waals surface area (Å²) in [6.07, 6.45) is 7.30. The fourth-order valence-electron chi connectivity index (χ4n) is 7.79. The number of anilines is 3. The van der Waals surface area contributed by atoms with Crippen molar-refractivity contribution >= 4 is 34.8 Å². The molecule has 7 nitrogen and oxygen atoms in total. The molecule has 7 heteroatoms. The monoisotopic (exact) mass is 670 g/mol. The number of nitrogens with two attached hydrogens (primary N) is 1. The fourth-order valence-corrected chi connectivity index (χ4v) is 7.79. The van der Waals surface area contributed by atoms with Gasteiger partial charge in [-0.3, -0.25) is 14.4 Å². The van der Waals surface area contributed by atoms with E-state index in [4.69, 9.17) is 5.73 Å². The largest absolute Gasteiger partial charge is 0.369 e. The third kappa shape index (κ3) is 8.10. The highest BCUT2D eigenvalue weighted by atomic mass is 16.2. The average molecular weight is 671 g/mol. The van der Waals surface area contributed by atoms with Gasteiger partial charge in [0.15, 0.2) is 0 Å². The maximum absolute atomic E-state index is 14.9. The summed E-state index contributed by atoms with van der Waals surface area (Å²) in [5.74, 6) is -1.65. The van der Waals surface area contributed by atoms with Crippen LogP contribution in [0, 0.1) is 24.7 Å². The molecule has 1 aliphatic carbocycles. The summed E-state index contributed by atoms with van der Waals surface area (Å²) in [5.41, 5.74) is 13.0. The second-order valence-corrected chi connectivity index (χ2v) is 14.1. The molecular formula is C43H50N4O3. The summed E-state index contributed by atoms with van der Waals surface area (Å²) in [7, 11) is 0. The maximum atomic E-state index is 14.9. The molecule has 0 saturated heterocycles. The number of nitrogens with zero attached hydrogens (tertiary/aromatic N) is 2. The van der Waals surface area contributed by atoms with Gasteiger partial charge in [0.2, 0.25) is 11.8 Å². The predicted molar refractivity (Wildman–Crippen MR) is 202 cm³/mol. The number of nitrogens with one attached hydrogen (secondary N) is 1. The number of amides is 3. The Morgan fingerprint density at radius 1 is 0.840 bits per heavy atom. The van der Waals surface area contributed by atoms with Gasteiger partial charge in [-0.1, -0.05) is 124 Å². The molecule has 3 unspecified atom stereocenters. The van der Waals surface area contributed by atoms with Crippen molar-refractivity contribution in [3.63, 3.8) is 0 Å². The first kappa shape index (κ1) is 34.9. The second-order valence-electron chi connectivity index (χ2n) is 14.1. The molecule has 6 rings (SSSR count). The van der Waals surface area contributed by atoms with Crippen molar-refractivity contribution in [2.45, 2.75) is 77.8 Å². The number of para-hydroxylation sites is 3. The van der Waals surface area contributed by atoms with Gasteiger partial charge >= 0.3 is 0 Å². The van der Waals surface area contributed by atoms with Crippen molar-refractivity contribution in [1.82, 2.24) is 5.32 Å². The molecule has 260 valence electrons. The molecule has 0 spiro atoms. The fraction of sp³-hybridized carbons (Fsp3) is 0.372. The Kier molecular flexibility index (Phi) is 11.3. The van der Waals surface area contributed by atoms with Gasteiger partial charge in [0.25, 0.3) is 5.91 Å². The van der Waals surface area contributed by atoms with E-state index >= 15 is 0 Å². The SMILES string of the molecule is CCCCC(C(N)=O)C(CC1CCCC1)C(=O)NC1CN(c2ccccc2)c2ccccc2N(Cc2cccc(-c3ccc(C)cc3)c2)C1=O. The zero-order valence-corrected chi connectivity index (χ0v) is 29.4. The van der Waals surface area contributed by atoms with E-state index in [2.05, 4.69) is 60.5 Å². The second kappa shape index (κ2) is 16.2. The minimum absolute atomic E-state index is 0.186. The lowest BCUT2D eigenvalue weighted by Gasteiger charge is -2.30. The molecule has 4 aromatic rings. The first-order chi connectivity index (χ1) is 24.3. The summed E-state index contributed by atoms with van der Waals surface area (Å²) < 4.78 is 0. The molecule has 4 aromatic carbocycles. The van der Waals surface area contributed by atoms with Gasteiger partial charge in [-0.15, -0.1) is 0 Å². The molecule has 3 N–H and O–H groups in total. The standard InChI is InChI=1S/C43H50N4O3/c1-3-4-19-36(41(44)48)37(27-31-13-8-9-14-31)42(49)45-38-29-46(35-17-6-5-7-18-35)39-20-10-11-21-40(39)47(43(38)50)28-32-15-12-16-34(26-32)33-24-22-30(2)23-25-33/h5-7,10-12,15-18,20-26,31,36-38H,3-4,8-9,13-14,19,27-29H2,1-2H3,(H2,44,48)(H,45,49). The van der Waals surface area contributed by atoms with Crippen LogP contribution in [0.1, 0.15) is 69.4 Å². The van der Waals surface area contributed by atoms with E-state index in [1.807, 2.05) is 71.6 Å². The molecule has 3 atom stereocenters. The number of unbranched alkanes of at least 4 members (excludes halogenated alkanes) is 1. The predicted octanol–water partition coefficient (Wildman–Crippen LogP) is 8.32. The van der Waals surface area contributed by atoms with Crippen LogP contribution < -0.4 is 20.9 Å².